The van der Waals surface area contributed by atoms with Gasteiger partial charge in [-0.1, -0.05) is 27.7 Å². The van der Waals surface area contributed by atoms with Crippen LogP contribution in [0.3, 0.4) is 0 Å². The highest BCUT2D eigenvalue weighted by atomic mass is 79.9. The summed E-state index contributed by atoms with van der Waals surface area (Å²) < 4.78 is 0.854. The van der Waals surface area contributed by atoms with E-state index in [4.69, 9.17) is 0 Å². The molecule has 3 nitrogen and oxygen atoms in total. The first-order valence-corrected chi connectivity index (χ1v) is 6.95. The van der Waals surface area contributed by atoms with Crippen LogP contribution in [0, 0.1) is 5.92 Å². The molecule has 1 aromatic heterocycles. The van der Waals surface area contributed by atoms with E-state index in [1.807, 2.05) is 6.07 Å². The molecule has 0 aromatic carbocycles. The number of hydrogen-bond donors (Lipinski definition) is 1. The largest absolute Gasteiger partial charge is 0.367 e. The Labute approximate surface area is 112 Å². The summed E-state index contributed by atoms with van der Waals surface area (Å²) in [4.78, 5) is 9.04. The van der Waals surface area contributed by atoms with Crippen LogP contribution in [-0.4, -0.2) is 16.0 Å². The molecule has 0 spiro atoms. The van der Waals surface area contributed by atoms with Crippen molar-refractivity contribution in [3.05, 3.63) is 16.5 Å². The number of rotatable bonds is 2. The first kappa shape index (κ1) is 12.8. The summed E-state index contributed by atoms with van der Waals surface area (Å²) in [7, 11) is 0. The van der Waals surface area contributed by atoms with E-state index in [9.17, 15) is 0 Å². The molecular formula is C13H20BrN3. The predicted molar refractivity (Wildman–Crippen MR) is 74.2 cm³/mol. The molecule has 94 valence electrons. The molecule has 17 heavy (non-hydrogen) atoms. The van der Waals surface area contributed by atoms with E-state index in [2.05, 4.69) is 58.9 Å². The summed E-state index contributed by atoms with van der Waals surface area (Å²) in [5.74, 6) is 2.66. The zero-order valence-electron chi connectivity index (χ0n) is 10.9. The monoisotopic (exact) mass is 297 g/mol. The minimum atomic E-state index is -0.0207. The maximum Gasteiger partial charge on any atom is 0.137 e. The van der Waals surface area contributed by atoms with E-state index < -0.39 is 0 Å². The van der Waals surface area contributed by atoms with Crippen LogP contribution in [0.2, 0.25) is 0 Å². The summed E-state index contributed by atoms with van der Waals surface area (Å²) in [5, 5.41) is 3.48. The summed E-state index contributed by atoms with van der Waals surface area (Å²) in [6, 6.07) is 2.54. The van der Waals surface area contributed by atoms with E-state index in [0.29, 0.717) is 6.04 Å². The van der Waals surface area contributed by atoms with Crippen LogP contribution >= 0.6 is 15.9 Å². The molecule has 1 aromatic rings. The molecular weight excluding hydrogens is 278 g/mol. The van der Waals surface area contributed by atoms with Crippen LogP contribution in [-0.2, 0) is 5.41 Å². The Morgan fingerprint density at radius 2 is 1.94 bits per heavy atom. The third kappa shape index (κ3) is 3.18. The third-order valence-corrected chi connectivity index (χ3v) is 3.50. The minimum Gasteiger partial charge on any atom is -0.367 e. The Kier molecular flexibility index (Phi) is 3.43. The van der Waals surface area contributed by atoms with Crippen LogP contribution in [0.4, 0.5) is 5.82 Å². The summed E-state index contributed by atoms with van der Waals surface area (Å²) in [5.41, 5.74) is -0.0207. The Morgan fingerprint density at radius 1 is 1.29 bits per heavy atom. The van der Waals surface area contributed by atoms with Gasteiger partial charge in [-0.3, -0.25) is 0 Å². The molecule has 4 heteroatoms. The molecule has 1 N–H and O–H groups in total. The Balaban J connectivity index is 2.14. The number of aromatic nitrogens is 2. The summed E-state index contributed by atoms with van der Waals surface area (Å²) >= 11 is 3.46. The Hall–Kier alpha value is -0.640. The molecule has 1 heterocycles. The van der Waals surface area contributed by atoms with Crippen molar-refractivity contribution < 1.29 is 0 Å². The van der Waals surface area contributed by atoms with Gasteiger partial charge in [0.15, 0.2) is 0 Å². The van der Waals surface area contributed by atoms with E-state index in [0.717, 1.165) is 22.2 Å². The molecule has 0 amide bonds. The maximum absolute atomic E-state index is 4.60. The van der Waals surface area contributed by atoms with Crippen molar-refractivity contribution in [2.24, 2.45) is 5.92 Å². The quantitative estimate of drug-likeness (QED) is 0.845. The van der Waals surface area contributed by atoms with Crippen molar-refractivity contribution in [1.29, 1.82) is 0 Å². The predicted octanol–water partition coefficient (Wildman–Crippen LogP) is 3.75. The average molecular weight is 298 g/mol. The van der Waals surface area contributed by atoms with Crippen molar-refractivity contribution in [1.82, 2.24) is 9.97 Å². The van der Waals surface area contributed by atoms with Crippen molar-refractivity contribution in [3.63, 3.8) is 0 Å². The van der Waals surface area contributed by atoms with Crippen LogP contribution in [0.1, 0.15) is 46.4 Å². The van der Waals surface area contributed by atoms with Gasteiger partial charge >= 0.3 is 0 Å². The van der Waals surface area contributed by atoms with Gasteiger partial charge in [0.1, 0.15) is 16.2 Å². The summed E-state index contributed by atoms with van der Waals surface area (Å²) in [6.07, 6.45) is 2.49. The fourth-order valence-electron chi connectivity index (χ4n) is 2.06. The number of halogens is 1. The highest BCUT2D eigenvalue weighted by Crippen LogP contribution is 2.30. The molecule has 0 aliphatic heterocycles. The lowest BCUT2D eigenvalue weighted by Crippen LogP contribution is -2.34. The number of nitrogens with zero attached hydrogens (tertiary/aromatic N) is 2. The molecule has 0 atom stereocenters. The fourth-order valence-corrected chi connectivity index (χ4v) is 2.44. The van der Waals surface area contributed by atoms with Crippen molar-refractivity contribution >= 4 is 21.7 Å². The standard InChI is InChI=1S/C13H20BrN3/c1-8-5-9(6-8)15-11-7-10(14)16-12(17-11)13(2,3)4/h7-9H,5-6H2,1-4H3,(H,15,16,17). The third-order valence-electron chi connectivity index (χ3n) is 3.09. The van der Waals surface area contributed by atoms with Gasteiger partial charge < -0.3 is 5.32 Å². The van der Waals surface area contributed by atoms with Gasteiger partial charge in [0.25, 0.3) is 0 Å². The molecule has 2 rings (SSSR count). The van der Waals surface area contributed by atoms with E-state index in [1.54, 1.807) is 0 Å². The lowest BCUT2D eigenvalue weighted by molar-refractivity contribution is 0.308. The van der Waals surface area contributed by atoms with Gasteiger partial charge in [-0.25, -0.2) is 9.97 Å². The van der Waals surface area contributed by atoms with E-state index in [1.165, 1.54) is 12.8 Å². The van der Waals surface area contributed by atoms with Crippen molar-refractivity contribution in [3.8, 4) is 0 Å². The van der Waals surface area contributed by atoms with Crippen LogP contribution in [0.25, 0.3) is 0 Å². The molecule has 1 saturated carbocycles. The Bertz CT molecular complexity index is 406. The first-order chi connectivity index (χ1) is 7.84. The minimum absolute atomic E-state index is 0.0207. The maximum atomic E-state index is 4.60. The average Bonchev–Trinajstić information content (AvgIpc) is 2.13. The molecule has 0 saturated heterocycles. The van der Waals surface area contributed by atoms with Gasteiger partial charge in [-0.05, 0) is 34.7 Å². The molecule has 1 aliphatic rings. The van der Waals surface area contributed by atoms with Gasteiger partial charge in [0.2, 0.25) is 0 Å². The van der Waals surface area contributed by atoms with Crippen LogP contribution in [0.5, 0.6) is 0 Å². The van der Waals surface area contributed by atoms with E-state index in [-0.39, 0.29) is 5.41 Å². The topological polar surface area (TPSA) is 37.8 Å². The van der Waals surface area contributed by atoms with Gasteiger partial charge in [0, 0.05) is 17.5 Å². The molecule has 0 bridgehead atoms. The molecule has 0 unspecified atom stereocenters. The second-order valence-electron chi connectivity index (χ2n) is 6.07. The van der Waals surface area contributed by atoms with Crippen molar-refractivity contribution in [2.75, 3.05) is 5.32 Å². The Morgan fingerprint density at radius 3 is 2.47 bits per heavy atom. The highest BCUT2D eigenvalue weighted by molar-refractivity contribution is 9.10. The highest BCUT2D eigenvalue weighted by Gasteiger charge is 2.26. The number of hydrogen-bond acceptors (Lipinski definition) is 3. The number of nitrogens with one attached hydrogen (secondary N) is 1. The summed E-state index contributed by atoms with van der Waals surface area (Å²) in [6.45, 7) is 8.67. The lowest BCUT2D eigenvalue weighted by atomic mass is 9.82. The van der Waals surface area contributed by atoms with Crippen LogP contribution in [0.15, 0.2) is 10.7 Å². The second kappa shape index (κ2) is 4.56. The zero-order chi connectivity index (χ0) is 12.6. The zero-order valence-corrected chi connectivity index (χ0v) is 12.5. The smallest absolute Gasteiger partial charge is 0.137 e. The van der Waals surface area contributed by atoms with Gasteiger partial charge in [-0.2, -0.15) is 0 Å². The molecule has 1 fully saturated rings. The fraction of sp³-hybridized carbons (Fsp3) is 0.692. The molecule has 0 radical (unpaired) electrons. The van der Waals surface area contributed by atoms with E-state index >= 15 is 0 Å². The second-order valence-corrected chi connectivity index (χ2v) is 6.88. The lowest BCUT2D eigenvalue weighted by Gasteiger charge is -2.33. The SMILES string of the molecule is CC1CC(Nc2cc(Br)nc(C(C)(C)C)n2)C1. The van der Waals surface area contributed by atoms with Crippen LogP contribution < -0.4 is 5.32 Å². The van der Waals surface area contributed by atoms with Gasteiger partial charge in [-0.15, -0.1) is 0 Å². The van der Waals surface area contributed by atoms with Crippen molar-refractivity contribution in [2.45, 2.75) is 52.0 Å². The van der Waals surface area contributed by atoms with Gasteiger partial charge in [0.05, 0.1) is 0 Å². The normalized spacial score (nSPS) is 24.3. The molecule has 1 aliphatic carbocycles. The number of anilines is 1. The first-order valence-electron chi connectivity index (χ1n) is 6.16.